The second-order valence-electron chi connectivity index (χ2n) is 4.62. The molecule has 0 radical (unpaired) electrons. The Labute approximate surface area is 116 Å². The van der Waals surface area contributed by atoms with Gasteiger partial charge < -0.3 is 14.8 Å². The predicted molar refractivity (Wildman–Crippen MR) is 73.4 cm³/mol. The Hall–Kier alpha value is -2.37. The predicted octanol–water partition coefficient (Wildman–Crippen LogP) is 1.25. The molecular formula is C14H17N3O3. The molecule has 20 heavy (non-hydrogen) atoms. The number of carboxylic acids is 1. The first-order chi connectivity index (χ1) is 9.60. The fourth-order valence-electron chi connectivity index (χ4n) is 2.03. The number of fused-ring (bicyclic) bond motifs is 1. The molecule has 0 saturated carbocycles. The number of carboxylic acid groups (broad SMARTS) is 1. The van der Waals surface area contributed by atoms with Crippen LogP contribution in [0.15, 0.2) is 30.6 Å². The number of amides is 1. The zero-order valence-electron chi connectivity index (χ0n) is 11.2. The highest BCUT2D eigenvalue weighted by atomic mass is 16.4. The average Bonchev–Trinajstić information content (AvgIpc) is 2.79. The summed E-state index contributed by atoms with van der Waals surface area (Å²) in [6.45, 7) is 1.88. The number of nitrogens with zero attached hydrogens (tertiary/aromatic N) is 2. The molecule has 0 spiro atoms. The van der Waals surface area contributed by atoms with Crippen molar-refractivity contribution in [2.45, 2.75) is 32.2 Å². The van der Waals surface area contributed by atoms with Gasteiger partial charge in [-0.2, -0.15) is 0 Å². The van der Waals surface area contributed by atoms with E-state index in [1.54, 1.807) is 6.20 Å². The van der Waals surface area contributed by atoms with Crippen LogP contribution in [0.3, 0.4) is 0 Å². The van der Waals surface area contributed by atoms with E-state index in [9.17, 15) is 9.59 Å². The molecule has 6 heteroatoms. The van der Waals surface area contributed by atoms with Gasteiger partial charge in [0.25, 0.3) is 0 Å². The zero-order valence-corrected chi connectivity index (χ0v) is 11.2. The Balaban J connectivity index is 2.01. The number of carbonyl (C=O) groups excluding carboxylic acids is 1. The number of imidazole rings is 1. The van der Waals surface area contributed by atoms with Crippen molar-refractivity contribution in [2.75, 3.05) is 0 Å². The maximum atomic E-state index is 11.9. The lowest BCUT2D eigenvalue weighted by molar-refractivity contribution is -0.141. The van der Waals surface area contributed by atoms with Crippen LogP contribution in [-0.2, 0) is 16.0 Å². The van der Waals surface area contributed by atoms with Gasteiger partial charge in [0.2, 0.25) is 5.91 Å². The fraction of sp³-hybridized carbons (Fsp3) is 0.357. The molecule has 6 nitrogen and oxygen atoms in total. The maximum Gasteiger partial charge on any atom is 0.326 e. The highest BCUT2D eigenvalue weighted by Gasteiger charge is 2.19. The summed E-state index contributed by atoms with van der Waals surface area (Å²) < 4.78 is 1.82. The van der Waals surface area contributed by atoms with E-state index in [2.05, 4.69) is 10.3 Å². The Morgan fingerprint density at radius 1 is 1.45 bits per heavy atom. The number of aliphatic carboxylic acids is 1. The van der Waals surface area contributed by atoms with Crippen molar-refractivity contribution in [1.82, 2.24) is 14.7 Å². The van der Waals surface area contributed by atoms with E-state index in [0.29, 0.717) is 18.5 Å². The number of aromatic nitrogens is 2. The van der Waals surface area contributed by atoms with Crippen LogP contribution in [0.1, 0.15) is 25.5 Å². The van der Waals surface area contributed by atoms with Gasteiger partial charge in [-0.05, 0) is 18.6 Å². The highest BCUT2D eigenvalue weighted by Crippen LogP contribution is 2.05. The Morgan fingerprint density at radius 3 is 2.90 bits per heavy atom. The van der Waals surface area contributed by atoms with Crippen LogP contribution in [0.2, 0.25) is 0 Å². The van der Waals surface area contributed by atoms with E-state index in [-0.39, 0.29) is 12.3 Å². The summed E-state index contributed by atoms with van der Waals surface area (Å²) in [7, 11) is 0. The third-order valence-electron chi connectivity index (χ3n) is 2.97. The number of rotatable bonds is 6. The molecule has 1 atom stereocenters. The summed E-state index contributed by atoms with van der Waals surface area (Å²) in [5.74, 6) is -1.33. The molecule has 0 fully saturated rings. The van der Waals surface area contributed by atoms with Crippen LogP contribution in [0, 0.1) is 0 Å². The summed E-state index contributed by atoms with van der Waals surface area (Å²) in [5, 5.41) is 11.5. The normalized spacial score (nSPS) is 12.2. The van der Waals surface area contributed by atoms with Gasteiger partial charge in [0.15, 0.2) is 0 Å². The lowest BCUT2D eigenvalue weighted by atomic mass is 10.1. The van der Waals surface area contributed by atoms with E-state index in [1.165, 1.54) is 0 Å². The third-order valence-corrected chi connectivity index (χ3v) is 2.97. The molecule has 0 bridgehead atoms. The quantitative estimate of drug-likeness (QED) is 0.831. The van der Waals surface area contributed by atoms with E-state index in [0.717, 1.165) is 5.65 Å². The van der Waals surface area contributed by atoms with Gasteiger partial charge in [0.1, 0.15) is 11.7 Å². The number of pyridine rings is 1. The molecule has 2 aromatic heterocycles. The fourth-order valence-corrected chi connectivity index (χ4v) is 2.03. The van der Waals surface area contributed by atoms with Crippen LogP contribution >= 0.6 is 0 Å². The van der Waals surface area contributed by atoms with E-state index < -0.39 is 12.0 Å². The maximum absolute atomic E-state index is 11.9. The molecule has 1 amide bonds. The van der Waals surface area contributed by atoms with Crippen LogP contribution in [0.5, 0.6) is 0 Å². The van der Waals surface area contributed by atoms with Crippen LogP contribution in [0.4, 0.5) is 0 Å². The van der Waals surface area contributed by atoms with Crippen molar-refractivity contribution in [3.8, 4) is 0 Å². The van der Waals surface area contributed by atoms with E-state index in [4.69, 9.17) is 5.11 Å². The first kappa shape index (κ1) is 14.0. The van der Waals surface area contributed by atoms with Crippen molar-refractivity contribution >= 4 is 17.5 Å². The van der Waals surface area contributed by atoms with Gasteiger partial charge in [-0.15, -0.1) is 0 Å². The first-order valence-electron chi connectivity index (χ1n) is 6.55. The van der Waals surface area contributed by atoms with Crippen molar-refractivity contribution in [3.05, 3.63) is 36.3 Å². The minimum atomic E-state index is -1.00. The standard InChI is InChI=1S/C14H17N3O3/c1-2-5-11(14(19)20)16-13(18)8-10-9-17-7-4-3-6-12(17)15-10/h3-4,6-7,9,11H,2,5,8H2,1H3,(H,16,18)(H,19,20)/t11-/m1/s1. The minimum Gasteiger partial charge on any atom is -0.480 e. The summed E-state index contributed by atoms with van der Waals surface area (Å²) in [4.78, 5) is 27.1. The summed E-state index contributed by atoms with van der Waals surface area (Å²) >= 11 is 0. The van der Waals surface area contributed by atoms with Crippen molar-refractivity contribution < 1.29 is 14.7 Å². The van der Waals surface area contributed by atoms with Gasteiger partial charge in [-0.3, -0.25) is 4.79 Å². The molecule has 2 heterocycles. The SMILES string of the molecule is CCC[C@@H](NC(=O)Cc1cn2ccccc2n1)C(=O)O. The minimum absolute atomic E-state index is 0.0785. The second kappa shape index (κ2) is 6.18. The van der Waals surface area contributed by atoms with Crippen molar-refractivity contribution in [2.24, 2.45) is 0 Å². The Kier molecular flexibility index (Phi) is 4.34. The zero-order chi connectivity index (χ0) is 14.5. The smallest absolute Gasteiger partial charge is 0.326 e. The van der Waals surface area contributed by atoms with E-state index in [1.807, 2.05) is 35.7 Å². The van der Waals surface area contributed by atoms with Crippen LogP contribution in [-0.4, -0.2) is 32.4 Å². The average molecular weight is 275 g/mol. The summed E-state index contributed by atoms with van der Waals surface area (Å²) in [6, 6.07) is 4.76. The molecule has 0 unspecified atom stereocenters. The molecule has 0 aliphatic carbocycles. The van der Waals surface area contributed by atoms with Crippen LogP contribution < -0.4 is 5.32 Å². The summed E-state index contributed by atoms with van der Waals surface area (Å²) in [6.07, 6.45) is 4.82. The number of carbonyl (C=O) groups is 2. The van der Waals surface area contributed by atoms with E-state index >= 15 is 0 Å². The lowest BCUT2D eigenvalue weighted by Gasteiger charge is -2.12. The van der Waals surface area contributed by atoms with Gasteiger partial charge >= 0.3 is 5.97 Å². The molecule has 0 aliphatic rings. The topological polar surface area (TPSA) is 83.7 Å². The molecule has 0 aromatic carbocycles. The van der Waals surface area contributed by atoms with Gasteiger partial charge in [0, 0.05) is 12.4 Å². The number of hydrogen-bond donors (Lipinski definition) is 2. The Bertz CT molecular complexity index is 588. The molecule has 106 valence electrons. The molecule has 0 saturated heterocycles. The summed E-state index contributed by atoms with van der Waals surface area (Å²) in [5.41, 5.74) is 1.38. The molecule has 2 rings (SSSR count). The molecule has 0 aliphatic heterocycles. The lowest BCUT2D eigenvalue weighted by Crippen LogP contribution is -2.41. The number of nitrogens with one attached hydrogen (secondary N) is 1. The Morgan fingerprint density at radius 2 is 2.25 bits per heavy atom. The van der Waals surface area contributed by atoms with Gasteiger partial charge in [-0.1, -0.05) is 19.4 Å². The van der Waals surface area contributed by atoms with Gasteiger partial charge in [0.05, 0.1) is 12.1 Å². The highest BCUT2D eigenvalue weighted by molar-refractivity contribution is 5.84. The van der Waals surface area contributed by atoms with Gasteiger partial charge in [-0.25, -0.2) is 9.78 Å². The third kappa shape index (κ3) is 3.34. The largest absolute Gasteiger partial charge is 0.480 e. The first-order valence-corrected chi connectivity index (χ1v) is 6.55. The molecule has 2 N–H and O–H groups in total. The van der Waals surface area contributed by atoms with Crippen molar-refractivity contribution in [3.63, 3.8) is 0 Å². The number of hydrogen-bond acceptors (Lipinski definition) is 3. The van der Waals surface area contributed by atoms with Crippen LogP contribution in [0.25, 0.3) is 5.65 Å². The molecular weight excluding hydrogens is 258 g/mol. The van der Waals surface area contributed by atoms with Crippen molar-refractivity contribution in [1.29, 1.82) is 0 Å². The monoisotopic (exact) mass is 275 g/mol. The second-order valence-corrected chi connectivity index (χ2v) is 4.62. The molecule has 2 aromatic rings.